The van der Waals surface area contributed by atoms with E-state index in [2.05, 4.69) is 9.88 Å². The fourth-order valence-corrected chi connectivity index (χ4v) is 3.74. The molecule has 0 aliphatic carbocycles. The maximum Gasteiger partial charge on any atom is 0.266 e. The highest BCUT2D eigenvalue weighted by molar-refractivity contribution is 7.22. The zero-order valence-electron chi connectivity index (χ0n) is 16.4. The SMILES string of the molecule is COc1ccc2sc(N(CCCN(C)C)C(=O)COc3ccccc3)nc2c1. The summed E-state index contributed by atoms with van der Waals surface area (Å²) in [6, 6.07) is 15.1. The summed E-state index contributed by atoms with van der Waals surface area (Å²) in [5.41, 5.74) is 0.828. The molecule has 7 heteroatoms. The molecule has 0 spiro atoms. The molecule has 0 saturated carbocycles. The zero-order chi connectivity index (χ0) is 19.9. The van der Waals surface area contributed by atoms with Crippen molar-refractivity contribution in [2.45, 2.75) is 6.42 Å². The molecule has 0 aliphatic rings. The van der Waals surface area contributed by atoms with Crippen LogP contribution in [0, 0.1) is 0 Å². The number of thiazole rings is 1. The summed E-state index contributed by atoms with van der Waals surface area (Å²) in [4.78, 5) is 21.4. The van der Waals surface area contributed by atoms with Gasteiger partial charge in [-0.05, 0) is 51.3 Å². The van der Waals surface area contributed by atoms with Gasteiger partial charge in [0.05, 0.1) is 17.3 Å². The summed E-state index contributed by atoms with van der Waals surface area (Å²) in [6.07, 6.45) is 0.851. The van der Waals surface area contributed by atoms with Gasteiger partial charge in [0.2, 0.25) is 0 Å². The Bertz CT molecular complexity index is 912. The van der Waals surface area contributed by atoms with Crippen LogP contribution in [-0.2, 0) is 4.79 Å². The van der Waals surface area contributed by atoms with Crippen LogP contribution in [0.5, 0.6) is 11.5 Å². The minimum Gasteiger partial charge on any atom is -0.497 e. The van der Waals surface area contributed by atoms with Gasteiger partial charge < -0.3 is 14.4 Å². The molecule has 3 aromatic rings. The maximum absolute atomic E-state index is 12.9. The van der Waals surface area contributed by atoms with Crippen molar-refractivity contribution in [1.29, 1.82) is 0 Å². The first-order chi connectivity index (χ1) is 13.6. The highest BCUT2D eigenvalue weighted by atomic mass is 32.1. The molecular weight excluding hydrogens is 374 g/mol. The molecule has 0 unspecified atom stereocenters. The average Bonchev–Trinajstić information content (AvgIpc) is 3.12. The molecule has 6 nitrogen and oxygen atoms in total. The summed E-state index contributed by atoms with van der Waals surface area (Å²) < 4.78 is 12.0. The van der Waals surface area contributed by atoms with Gasteiger partial charge in [-0.3, -0.25) is 9.69 Å². The molecular formula is C21H25N3O3S. The van der Waals surface area contributed by atoms with E-state index in [-0.39, 0.29) is 12.5 Å². The van der Waals surface area contributed by atoms with Crippen molar-refractivity contribution >= 4 is 32.6 Å². The number of para-hydroxylation sites is 1. The molecule has 0 atom stereocenters. The van der Waals surface area contributed by atoms with Gasteiger partial charge in [-0.25, -0.2) is 4.98 Å². The van der Waals surface area contributed by atoms with Crippen LogP contribution >= 0.6 is 11.3 Å². The highest BCUT2D eigenvalue weighted by Gasteiger charge is 2.20. The van der Waals surface area contributed by atoms with Gasteiger partial charge in [-0.15, -0.1) is 0 Å². The van der Waals surface area contributed by atoms with E-state index in [1.54, 1.807) is 12.0 Å². The standard InChI is InChI=1S/C21H25N3O3S/c1-23(2)12-7-13-24(20(25)15-27-16-8-5-4-6-9-16)21-22-18-14-17(26-3)10-11-19(18)28-21/h4-6,8-11,14H,7,12-13,15H2,1-3H3. The Morgan fingerprint density at radius 2 is 1.86 bits per heavy atom. The first kappa shape index (κ1) is 20.1. The van der Waals surface area contributed by atoms with Crippen LogP contribution < -0.4 is 14.4 Å². The molecule has 28 heavy (non-hydrogen) atoms. The predicted molar refractivity (Wildman–Crippen MR) is 114 cm³/mol. The third-order valence-corrected chi connectivity index (χ3v) is 5.27. The van der Waals surface area contributed by atoms with Gasteiger partial charge in [0.1, 0.15) is 11.5 Å². The van der Waals surface area contributed by atoms with Crippen LogP contribution in [0.25, 0.3) is 10.2 Å². The maximum atomic E-state index is 12.9. The molecule has 0 radical (unpaired) electrons. The van der Waals surface area contributed by atoms with E-state index in [1.807, 2.05) is 62.6 Å². The molecule has 1 aromatic heterocycles. The fourth-order valence-electron chi connectivity index (χ4n) is 2.75. The molecule has 3 rings (SSSR count). The number of anilines is 1. The second-order valence-electron chi connectivity index (χ2n) is 6.63. The van der Waals surface area contributed by atoms with Gasteiger partial charge in [0, 0.05) is 12.6 Å². The number of aromatic nitrogens is 1. The van der Waals surface area contributed by atoms with E-state index in [9.17, 15) is 4.79 Å². The van der Waals surface area contributed by atoms with Gasteiger partial charge in [0.25, 0.3) is 5.91 Å². The molecule has 0 aliphatic heterocycles. The molecule has 148 valence electrons. The molecule has 0 N–H and O–H groups in total. The van der Waals surface area contributed by atoms with Crippen LogP contribution in [0.2, 0.25) is 0 Å². The smallest absolute Gasteiger partial charge is 0.266 e. The van der Waals surface area contributed by atoms with Crippen LogP contribution in [0.3, 0.4) is 0 Å². The molecule has 0 saturated heterocycles. The number of carbonyl (C=O) groups is 1. The van der Waals surface area contributed by atoms with Crippen LogP contribution in [0.15, 0.2) is 48.5 Å². The van der Waals surface area contributed by atoms with Crippen molar-refractivity contribution in [3.8, 4) is 11.5 Å². The quantitative estimate of drug-likeness (QED) is 0.550. The van der Waals surface area contributed by atoms with Crippen LogP contribution in [0.1, 0.15) is 6.42 Å². The van der Waals surface area contributed by atoms with Crippen molar-refractivity contribution in [2.24, 2.45) is 0 Å². The Morgan fingerprint density at radius 1 is 1.07 bits per heavy atom. The molecule has 0 fully saturated rings. The van der Waals surface area contributed by atoms with Crippen molar-refractivity contribution in [3.63, 3.8) is 0 Å². The number of benzene rings is 2. The van der Waals surface area contributed by atoms with Gasteiger partial charge >= 0.3 is 0 Å². The topological polar surface area (TPSA) is 54.9 Å². The van der Waals surface area contributed by atoms with E-state index in [1.165, 1.54) is 11.3 Å². The minimum atomic E-state index is -0.103. The van der Waals surface area contributed by atoms with E-state index in [0.717, 1.165) is 28.9 Å². The molecule has 0 bridgehead atoms. The Morgan fingerprint density at radius 3 is 2.57 bits per heavy atom. The monoisotopic (exact) mass is 399 g/mol. The summed E-state index contributed by atoms with van der Waals surface area (Å²) in [7, 11) is 5.68. The van der Waals surface area contributed by atoms with E-state index >= 15 is 0 Å². The summed E-state index contributed by atoms with van der Waals surface area (Å²) in [5.74, 6) is 1.33. The molecule has 1 heterocycles. The number of carbonyl (C=O) groups excluding carboxylic acids is 1. The highest BCUT2D eigenvalue weighted by Crippen LogP contribution is 2.31. The Balaban J connectivity index is 1.78. The van der Waals surface area contributed by atoms with Crippen LogP contribution in [-0.4, -0.2) is 56.7 Å². The average molecular weight is 400 g/mol. The lowest BCUT2D eigenvalue weighted by molar-refractivity contribution is -0.120. The van der Waals surface area contributed by atoms with Crippen molar-refractivity contribution in [2.75, 3.05) is 45.8 Å². The molecule has 2 aromatic carbocycles. The fraction of sp³-hybridized carbons (Fsp3) is 0.333. The third-order valence-electron chi connectivity index (χ3n) is 4.21. The van der Waals surface area contributed by atoms with Gasteiger partial charge in [0.15, 0.2) is 11.7 Å². The lowest BCUT2D eigenvalue weighted by Gasteiger charge is -2.21. The number of nitrogens with zero attached hydrogens (tertiary/aromatic N) is 3. The van der Waals surface area contributed by atoms with Crippen molar-refractivity contribution in [3.05, 3.63) is 48.5 Å². The number of fused-ring (bicyclic) bond motifs is 1. The van der Waals surface area contributed by atoms with Gasteiger partial charge in [-0.2, -0.15) is 0 Å². The normalized spacial score (nSPS) is 11.0. The predicted octanol–water partition coefficient (Wildman–Crippen LogP) is 3.67. The Kier molecular flexibility index (Phi) is 6.84. The number of hydrogen-bond donors (Lipinski definition) is 0. The third kappa shape index (κ3) is 5.21. The van der Waals surface area contributed by atoms with E-state index in [4.69, 9.17) is 9.47 Å². The largest absolute Gasteiger partial charge is 0.497 e. The van der Waals surface area contributed by atoms with E-state index < -0.39 is 0 Å². The van der Waals surface area contributed by atoms with E-state index in [0.29, 0.717) is 17.4 Å². The van der Waals surface area contributed by atoms with Crippen molar-refractivity contribution in [1.82, 2.24) is 9.88 Å². The first-order valence-corrected chi connectivity index (χ1v) is 9.96. The number of amides is 1. The lowest BCUT2D eigenvalue weighted by atomic mass is 10.3. The first-order valence-electron chi connectivity index (χ1n) is 9.14. The summed E-state index contributed by atoms with van der Waals surface area (Å²) >= 11 is 1.50. The lowest BCUT2D eigenvalue weighted by Crippen LogP contribution is -2.36. The summed E-state index contributed by atoms with van der Waals surface area (Å²) in [6.45, 7) is 1.46. The number of hydrogen-bond acceptors (Lipinski definition) is 6. The van der Waals surface area contributed by atoms with Crippen LogP contribution in [0.4, 0.5) is 5.13 Å². The molecule has 1 amide bonds. The Hall–Kier alpha value is -2.64. The number of ether oxygens (including phenoxy) is 2. The Labute approximate surface area is 169 Å². The second kappa shape index (κ2) is 9.52. The number of rotatable bonds is 9. The summed E-state index contributed by atoms with van der Waals surface area (Å²) in [5, 5.41) is 0.684. The van der Waals surface area contributed by atoms with Gasteiger partial charge in [-0.1, -0.05) is 29.5 Å². The van der Waals surface area contributed by atoms with Crippen molar-refractivity contribution < 1.29 is 14.3 Å². The second-order valence-corrected chi connectivity index (χ2v) is 7.64. The zero-order valence-corrected chi connectivity index (χ0v) is 17.2. The number of methoxy groups -OCH3 is 1. The minimum absolute atomic E-state index is 0.0226.